The van der Waals surface area contributed by atoms with Gasteiger partial charge in [0.25, 0.3) is 0 Å². The molecule has 0 saturated carbocycles. The van der Waals surface area contributed by atoms with Crippen LogP contribution in [0.4, 0.5) is 5.82 Å². The minimum Gasteiger partial charge on any atom is -0.382 e. The average molecular weight is 239 g/mol. The van der Waals surface area contributed by atoms with Crippen LogP contribution >= 0.6 is 0 Å². The van der Waals surface area contributed by atoms with Gasteiger partial charge in [-0.1, -0.05) is 0 Å². The number of nitrogens with one attached hydrogen (secondary N) is 1. The van der Waals surface area contributed by atoms with Crippen molar-refractivity contribution in [1.82, 2.24) is 20.0 Å². The van der Waals surface area contributed by atoms with Gasteiger partial charge in [0.15, 0.2) is 0 Å². The third-order valence-corrected chi connectivity index (χ3v) is 2.31. The number of nitrogens with zero attached hydrogens (tertiary/aromatic N) is 3. The zero-order chi connectivity index (χ0) is 12.8. The zero-order valence-electron chi connectivity index (χ0n) is 10.0. The third kappa shape index (κ3) is 3.78. The van der Waals surface area contributed by atoms with Crippen molar-refractivity contribution in [3.8, 4) is 0 Å². The van der Waals surface area contributed by atoms with Crippen molar-refractivity contribution in [3.63, 3.8) is 0 Å². The molecule has 0 radical (unpaired) electrons. The van der Waals surface area contributed by atoms with E-state index in [-0.39, 0.29) is 24.9 Å². The van der Waals surface area contributed by atoms with Gasteiger partial charge in [-0.2, -0.15) is 5.10 Å². The summed E-state index contributed by atoms with van der Waals surface area (Å²) in [6, 6.07) is 1.61. The minimum absolute atomic E-state index is 0.0581. The van der Waals surface area contributed by atoms with Gasteiger partial charge in [-0.3, -0.25) is 14.3 Å². The van der Waals surface area contributed by atoms with Crippen molar-refractivity contribution in [2.75, 3.05) is 25.9 Å². The Kier molecular flexibility index (Phi) is 4.50. The molecule has 2 amide bonds. The highest BCUT2D eigenvalue weighted by molar-refractivity contribution is 5.84. The Hall–Kier alpha value is -2.05. The molecule has 0 saturated heterocycles. The zero-order valence-corrected chi connectivity index (χ0v) is 10.0. The molecular formula is C10H17N5O2. The number of nitrogens with two attached hydrogens (primary N) is 1. The Labute approximate surface area is 99.6 Å². The molecule has 0 spiro atoms. The maximum Gasteiger partial charge on any atom is 0.244 e. The normalized spacial score (nSPS) is 10.0. The van der Waals surface area contributed by atoms with Crippen LogP contribution in [0.2, 0.25) is 0 Å². The molecule has 1 aromatic heterocycles. The molecule has 0 aliphatic rings. The molecule has 7 nitrogen and oxygen atoms in total. The third-order valence-electron chi connectivity index (χ3n) is 2.31. The van der Waals surface area contributed by atoms with E-state index in [1.165, 1.54) is 16.6 Å². The highest BCUT2D eigenvalue weighted by Gasteiger charge is 2.15. The van der Waals surface area contributed by atoms with Gasteiger partial charge < -0.3 is 16.0 Å². The molecule has 94 valence electrons. The molecule has 0 aliphatic carbocycles. The molecule has 0 fully saturated rings. The number of amides is 2. The van der Waals surface area contributed by atoms with Gasteiger partial charge in [0.1, 0.15) is 12.4 Å². The first kappa shape index (κ1) is 13.0. The Bertz CT molecular complexity index is 401. The summed E-state index contributed by atoms with van der Waals surface area (Å²) in [5.41, 5.74) is 5.44. The van der Waals surface area contributed by atoms with Crippen molar-refractivity contribution >= 4 is 17.6 Å². The fourth-order valence-corrected chi connectivity index (χ4v) is 1.33. The van der Waals surface area contributed by atoms with Crippen LogP contribution in [0.3, 0.4) is 0 Å². The Morgan fingerprint density at radius 1 is 1.59 bits per heavy atom. The van der Waals surface area contributed by atoms with Gasteiger partial charge in [-0.25, -0.2) is 0 Å². The first-order valence-corrected chi connectivity index (χ1v) is 5.34. The van der Waals surface area contributed by atoms with E-state index in [1.807, 2.05) is 6.92 Å². The molecule has 1 aromatic rings. The van der Waals surface area contributed by atoms with Crippen molar-refractivity contribution in [2.24, 2.45) is 0 Å². The fourth-order valence-electron chi connectivity index (χ4n) is 1.33. The van der Waals surface area contributed by atoms with Gasteiger partial charge >= 0.3 is 0 Å². The molecule has 0 aliphatic heterocycles. The van der Waals surface area contributed by atoms with Crippen LogP contribution in [0, 0.1) is 0 Å². The second-order valence-electron chi connectivity index (χ2n) is 3.52. The van der Waals surface area contributed by atoms with E-state index in [9.17, 15) is 9.59 Å². The van der Waals surface area contributed by atoms with E-state index < -0.39 is 0 Å². The number of hydrogen-bond donors (Lipinski definition) is 2. The van der Waals surface area contributed by atoms with Gasteiger partial charge in [0.2, 0.25) is 11.8 Å². The summed E-state index contributed by atoms with van der Waals surface area (Å²) < 4.78 is 1.45. The molecular weight excluding hydrogens is 222 g/mol. The number of nitrogen functional groups attached to an aromatic ring is 1. The maximum absolute atomic E-state index is 11.8. The van der Waals surface area contributed by atoms with Gasteiger partial charge in [-0.15, -0.1) is 0 Å². The van der Waals surface area contributed by atoms with Crippen LogP contribution in [-0.4, -0.2) is 46.6 Å². The molecule has 0 atom stereocenters. The van der Waals surface area contributed by atoms with E-state index in [0.29, 0.717) is 12.4 Å². The van der Waals surface area contributed by atoms with Crippen molar-refractivity contribution in [3.05, 3.63) is 12.3 Å². The molecule has 0 aromatic carbocycles. The van der Waals surface area contributed by atoms with Gasteiger partial charge in [0.05, 0.1) is 6.54 Å². The smallest absolute Gasteiger partial charge is 0.244 e. The predicted molar refractivity (Wildman–Crippen MR) is 63.0 cm³/mol. The lowest BCUT2D eigenvalue weighted by Crippen LogP contribution is -2.41. The first-order valence-electron chi connectivity index (χ1n) is 5.34. The highest BCUT2D eigenvalue weighted by Crippen LogP contribution is 1.98. The van der Waals surface area contributed by atoms with Crippen LogP contribution in [0.5, 0.6) is 0 Å². The van der Waals surface area contributed by atoms with E-state index >= 15 is 0 Å². The molecule has 0 bridgehead atoms. The number of carbonyl (C=O) groups excluding carboxylic acids is 2. The molecule has 1 heterocycles. The lowest BCUT2D eigenvalue weighted by Gasteiger charge is -2.19. The summed E-state index contributed by atoms with van der Waals surface area (Å²) in [5, 5.41) is 6.39. The number of likely N-dealkylation sites (N-methyl/N-ethyl adjacent to an activating group) is 2. The van der Waals surface area contributed by atoms with E-state index in [0.717, 1.165) is 0 Å². The topological polar surface area (TPSA) is 93.2 Å². The Morgan fingerprint density at radius 2 is 2.29 bits per heavy atom. The Morgan fingerprint density at radius 3 is 2.76 bits per heavy atom. The Balaban J connectivity index is 2.57. The first-order chi connectivity index (χ1) is 8.06. The number of hydrogen-bond acceptors (Lipinski definition) is 4. The second-order valence-corrected chi connectivity index (χ2v) is 3.52. The van der Waals surface area contributed by atoms with Crippen LogP contribution in [0.15, 0.2) is 12.3 Å². The summed E-state index contributed by atoms with van der Waals surface area (Å²) in [5.74, 6) is 0.00605. The summed E-state index contributed by atoms with van der Waals surface area (Å²) >= 11 is 0. The SMILES string of the molecule is CCN(CC(=O)NC)C(=O)Cn1ccc(N)n1. The van der Waals surface area contributed by atoms with E-state index in [1.54, 1.807) is 12.3 Å². The van der Waals surface area contributed by atoms with E-state index in [2.05, 4.69) is 10.4 Å². The number of anilines is 1. The van der Waals surface area contributed by atoms with Crippen LogP contribution in [-0.2, 0) is 16.1 Å². The molecule has 17 heavy (non-hydrogen) atoms. The lowest BCUT2D eigenvalue weighted by atomic mass is 10.4. The van der Waals surface area contributed by atoms with Gasteiger partial charge in [0, 0.05) is 19.8 Å². The largest absolute Gasteiger partial charge is 0.382 e. The average Bonchev–Trinajstić information content (AvgIpc) is 2.70. The standard InChI is InChI=1S/C10H17N5O2/c1-3-14(6-9(16)12-2)10(17)7-15-5-4-8(11)13-15/h4-5H,3,6-7H2,1-2H3,(H2,11,13)(H,12,16). The lowest BCUT2D eigenvalue weighted by molar-refractivity contribution is -0.136. The fraction of sp³-hybridized carbons (Fsp3) is 0.500. The number of rotatable bonds is 5. The molecule has 3 N–H and O–H groups in total. The van der Waals surface area contributed by atoms with E-state index in [4.69, 9.17) is 5.73 Å². The summed E-state index contributed by atoms with van der Waals surface area (Å²) in [7, 11) is 1.54. The van der Waals surface area contributed by atoms with Gasteiger partial charge in [-0.05, 0) is 13.0 Å². The van der Waals surface area contributed by atoms with Crippen LogP contribution in [0.1, 0.15) is 6.92 Å². The summed E-state index contributed by atoms with van der Waals surface area (Å²) in [6.45, 7) is 2.44. The minimum atomic E-state index is -0.194. The number of carbonyl (C=O) groups is 2. The monoisotopic (exact) mass is 239 g/mol. The second kappa shape index (κ2) is 5.88. The maximum atomic E-state index is 11.8. The van der Waals surface area contributed by atoms with Crippen LogP contribution < -0.4 is 11.1 Å². The molecule has 1 rings (SSSR count). The van der Waals surface area contributed by atoms with Crippen molar-refractivity contribution in [1.29, 1.82) is 0 Å². The molecule has 0 unspecified atom stereocenters. The van der Waals surface area contributed by atoms with Crippen LogP contribution in [0.25, 0.3) is 0 Å². The quantitative estimate of drug-likeness (QED) is 0.693. The predicted octanol–water partition coefficient (Wildman–Crippen LogP) is -0.940. The summed E-state index contributed by atoms with van der Waals surface area (Å²) in [4.78, 5) is 24.5. The molecule has 7 heteroatoms. The van der Waals surface area contributed by atoms with Crippen molar-refractivity contribution < 1.29 is 9.59 Å². The number of aromatic nitrogens is 2. The highest BCUT2D eigenvalue weighted by atomic mass is 16.2. The van der Waals surface area contributed by atoms with Crippen molar-refractivity contribution in [2.45, 2.75) is 13.5 Å². The summed E-state index contributed by atoms with van der Waals surface area (Å²) in [6.07, 6.45) is 1.63.